The minimum absolute atomic E-state index is 0.0492. The molecule has 4 heteroatoms. The predicted molar refractivity (Wildman–Crippen MR) is 64.4 cm³/mol. The Labute approximate surface area is 98.3 Å². The number of nitrogens with zero attached hydrogens (tertiary/aromatic N) is 1. The van der Waals surface area contributed by atoms with Crippen LogP contribution in [0.2, 0.25) is 0 Å². The van der Waals surface area contributed by atoms with Crippen molar-refractivity contribution < 1.29 is 15.0 Å². The van der Waals surface area contributed by atoms with Crippen LogP contribution in [0, 0.1) is 5.92 Å². The molecule has 0 aliphatic heterocycles. The van der Waals surface area contributed by atoms with Gasteiger partial charge in [0.15, 0.2) is 0 Å². The van der Waals surface area contributed by atoms with Gasteiger partial charge in [0.1, 0.15) is 0 Å². The second kappa shape index (κ2) is 5.15. The highest BCUT2D eigenvalue weighted by atomic mass is 16.4. The van der Waals surface area contributed by atoms with Gasteiger partial charge in [-0.1, -0.05) is 13.8 Å². The topological polar surface area (TPSA) is 60.8 Å². The highest BCUT2D eigenvalue weighted by molar-refractivity contribution is 5.69. The quantitative estimate of drug-likeness (QED) is 0.754. The summed E-state index contributed by atoms with van der Waals surface area (Å²) in [5, 5.41) is 19.1. The first kappa shape index (κ1) is 15.4. The third-order valence-corrected chi connectivity index (χ3v) is 3.03. The zero-order valence-corrected chi connectivity index (χ0v) is 11.2. The molecule has 0 heterocycles. The van der Waals surface area contributed by atoms with E-state index in [1.807, 2.05) is 34.6 Å². The summed E-state index contributed by atoms with van der Waals surface area (Å²) in [7, 11) is 0. The largest absolute Gasteiger partial charge is 0.480 e. The Hall–Kier alpha value is -0.610. The third kappa shape index (κ3) is 4.94. The fourth-order valence-corrected chi connectivity index (χ4v) is 1.26. The van der Waals surface area contributed by atoms with Crippen LogP contribution in [0.15, 0.2) is 0 Å². The SMILES string of the molecule is CC(C)C(C)(O)CN(CC(=O)O)C(C)(C)C. The molecule has 0 aromatic heterocycles. The molecule has 0 fully saturated rings. The number of β-amino-alcohol motifs (C(OH)–C–C–N with tert-alkyl or cyclic N) is 1. The van der Waals surface area contributed by atoms with Gasteiger partial charge in [-0.2, -0.15) is 0 Å². The van der Waals surface area contributed by atoms with Crippen LogP contribution >= 0.6 is 0 Å². The molecule has 0 saturated heterocycles. The number of aliphatic carboxylic acids is 1. The highest BCUT2D eigenvalue weighted by Gasteiger charge is 2.33. The predicted octanol–water partition coefficient (Wildman–Crippen LogP) is 1.58. The van der Waals surface area contributed by atoms with Crippen LogP contribution in [0.25, 0.3) is 0 Å². The first-order chi connectivity index (χ1) is 6.97. The molecule has 0 aromatic rings. The summed E-state index contributed by atoms with van der Waals surface area (Å²) in [6, 6.07) is 0. The van der Waals surface area contributed by atoms with E-state index in [9.17, 15) is 9.90 Å². The summed E-state index contributed by atoms with van der Waals surface area (Å²) in [6.07, 6.45) is 0. The van der Waals surface area contributed by atoms with Gasteiger partial charge in [-0.05, 0) is 33.6 Å². The van der Waals surface area contributed by atoms with Gasteiger partial charge in [-0.3, -0.25) is 9.69 Å². The summed E-state index contributed by atoms with van der Waals surface area (Å²) in [4.78, 5) is 12.6. The van der Waals surface area contributed by atoms with E-state index >= 15 is 0 Å². The number of carboxylic acid groups (broad SMARTS) is 1. The van der Waals surface area contributed by atoms with Crippen molar-refractivity contribution in [3.63, 3.8) is 0 Å². The number of carboxylic acids is 1. The second-order valence-electron chi connectivity index (χ2n) is 5.93. The molecule has 0 saturated carbocycles. The number of rotatable bonds is 5. The van der Waals surface area contributed by atoms with Crippen molar-refractivity contribution in [1.82, 2.24) is 4.90 Å². The molecule has 0 bridgehead atoms. The van der Waals surface area contributed by atoms with Crippen LogP contribution in [0.4, 0.5) is 0 Å². The van der Waals surface area contributed by atoms with Crippen LogP contribution in [0.3, 0.4) is 0 Å². The molecular formula is C12H25NO3. The summed E-state index contributed by atoms with van der Waals surface area (Å²) < 4.78 is 0. The van der Waals surface area contributed by atoms with E-state index in [-0.39, 0.29) is 18.0 Å². The van der Waals surface area contributed by atoms with Crippen LogP contribution in [-0.4, -0.2) is 45.3 Å². The van der Waals surface area contributed by atoms with Crippen LogP contribution in [-0.2, 0) is 4.79 Å². The van der Waals surface area contributed by atoms with Gasteiger partial charge in [0.05, 0.1) is 12.1 Å². The molecule has 96 valence electrons. The monoisotopic (exact) mass is 231 g/mol. The zero-order chi connectivity index (χ0) is 13.1. The van der Waals surface area contributed by atoms with E-state index in [1.165, 1.54) is 0 Å². The lowest BCUT2D eigenvalue weighted by Crippen LogP contribution is -2.53. The van der Waals surface area contributed by atoms with Crippen LogP contribution in [0.1, 0.15) is 41.5 Å². The molecular weight excluding hydrogens is 206 g/mol. The lowest BCUT2D eigenvalue weighted by Gasteiger charge is -2.40. The molecule has 0 radical (unpaired) electrons. The Morgan fingerprint density at radius 3 is 1.94 bits per heavy atom. The second-order valence-corrected chi connectivity index (χ2v) is 5.93. The Morgan fingerprint density at radius 2 is 1.69 bits per heavy atom. The lowest BCUT2D eigenvalue weighted by molar-refractivity contribution is -0.141. The van der Waals surface area contributed by atoms with Crippen LogP contribution in [0.5, 0.6) is 0 Å². The fourth-order valence-electron chi connectivity index (χ4n) is 1.26. The lowest BCUT2D eigenvalue weighted by atomic mass is 9.90. The van der Waals surface area contributed by atoms with Crippen LogP contribution < -0.4 is 0 Å². The number of carbonyl (C=O) groups is 1. The summed E-state index contributed by atoms with van der Waals surface area (Å²) in [5.41, 5.74) is -1.14. The molecule has 1 atom stereocenters. The summed E-state index contributed by atoms with van der Waals surface area (Å²) >= 11 is 0. The van der Waals surface area contributed by atoms with Crippen molar-refractivity contribution in [2.24, 2.45) is 5.92 Å². The Bertz CT molecular complexity index is 241. The van der Waals surface area contributed by atoms with Crippen molar-refractivity contribution in [2.75, 3.05) is 13.1 Å². The molecule has 0 amide bonds. The molecule has 0 aliphatic rings. The van der Waals surface area contributed by atoms with Gasteiger partial charge in [-0.15, -0.1) is 0 Å². The normalized spacial score (nSPS) is 16.6. The molecule has 2 N–H and O–H groups in total. The standard InChI is InChI=1S/C12H25NO3/c1-9(2)12(6,16)8-13(7-10(14)15)11(3,4)5/h9,16H,7-8H2,1-6H3,(H,14,15). The van der Waals surface area contributed by atoms with E-state index < -0.39 is 11.6 Å². The smallest absolute Gasteiger partial charge is 0.317 e. The highest BCUT2D eigenvalue weighted by Crippen LogP contribution is 2.22. The van der Waals surface area contributed by atoms with E-state index in [4.69, 9.17) is 5.11 Å². The number of hydrogen-bond acceptors (Lipinski definition) is 3. The van der Waals surface area contributed by atoms with Crippen molar-refractivity contribution in [3.05, 3.63) is 0 Å². The maximum absolute atomic E-state index is 10.8. The number of aliphatic hydroxyl groups is 1. The summed E-state index contributed by atoms with van der Waals surface area (Å²) in [6.45, 7) is 11.8. The van der Waals surface area contributed by atoms with Crippen molar-refractivity contribution in [1.29, 1.82) is 0 Å². The van der Waals surface area contributed by atoms with E-state index in [0.717, 1.165) is 0 Å². The minimum Gasteiger partial charge on any atom is -0.480 e. The number of hydrogen-bond donors (Lipinski definition) is 2. The van der Waals surface area contributed by atoms with E-state index in [2.05, 4.69) is 0 Å². The third-order valence-electron chi connectivity index (χ3n) is 3.03. The minimum atomic E-state index is -0.872. The first-order valence-corrected chi connectivity index (χ1v) is 5.66. The molecule has 0 aliphatic carbocycles. The van der Waals surface area contributed by atoms with Gasteiger partial charge in [-0.25, -0.2) is 0 Å². The Balaban J connectivity index is 4.74. The molecule has 0 spiro atoms. The van der Waals surface area contributed by atoms with E-state index in [1.54, 1.807) is 11.8 Å². The van der Waals surface area contributed by atoms with Crippen molar-refractivity contribution in [3.8, 4) is 0 Å². The molecule has 1 unspecified atom stereocenters. The summed E-state index contributed by atoms with van der Waals surface area (Å²) in [5.74, 6) is -0.777. The molecule has 0 rings (SSSR count). The van der Waals surface area contributed by atoms with Crippen molar-refractivity contribution in [2.45, 2.75) is 52.7 Å². The van der Waals surface area contributed by atoms with E-state index in [0.29, 0.717) is 6.54 Å². The van der Waals surface area contributed by atoms with Gasteiger partial charge >= 0.3 is 5.97 Å². The Kier molecular flexibility index (Phi) is 4.95. The molecule has 4 nitrogen and oxygen atoms in total. The molecule has 16 heavy (non-hydrogen) atoms. The average molecular weight is 231 g/mol. The first-order valence-electron chi connectivity index (χ1n) is 5.66. The maximum Gasteiger partial charge on any atom is 0.317 e. The zero-order valence-electron chi connectivity index (χ0n) is 11.2. The van der Waals surface area contributed by atoms with Gasteiger partial charge in [0, 0.05) is 12.1 Å². The molecule has 0 aromatic carbocycles. The fraction of sp³-hybridized carbons (Fsp3) is 0.917. The Morgan fingerprint density at radius 1 is 1.25 bits per heavy atom. The van der Waals surface area contributed by atoms with Crippen molar-refractivity contribution >= 4 is 5.97 Å². The average Bonchev–Trinajstić information content (AvgIpc) is 1.99. The van der Waals surface area contributed by atoms with Gasteiger partial charge in [0.2, 0.25) is 0 Å². The van der Waals surface area contributed by atoms with Gasteiger partial charge in [0.25, 0.3) is 0 Å². The van der Waals surface area contributed by atoms with Gasteiger partial charge < -0.3 is 10.2 Å². The maximum atomic E-state index is 10.8.